The fraction of sp³-hybridized carbons (Fsp3) is 0.209. The van der Waals surface area contributed by atoms with Crippen LogP contribution in [0.4, 0.5) is 14.4 Å². The summed E-state index contributed by atoms with van der Waals surface area (Å²) in [5.74, 6) is 4.22. The molecule has 6 rings (SSSR count). The molecule has 0 bridgehead atoms. The molecule has 2 N–H and O–H groups in total. The van der Waals surface area contributed by atoms with Crippen LogP contribution in [0, 0.1) is 13.1 Å². The minimum atomic E-state index is -2.67. The van der Waals surface area contributed by atoms with Crippen molar-refractivity contribution in [1.82, 2.24) is 0 Å². The maximum Gasteiger partial charge on any atom is 1.00 e. The monoisotopic (exact) mass is 1220 g/mol. The van der Waals surface area contributed by atoms with Gasteiger partial charge in [-0.2, -0.15) is 0 Å². The van der Waals surface area contributed by atoms with Gasteiger partial charge in [0.05, 0.1) is 33.9 Å². The van der Waals surface area contributed by atoms with Crippen molar-refractivity contribution < 1.29 is 150 Å². The number of rotatable bonds is 6. The zero-order valence-electron chi connectivity index (χ0n) is 39.9. The number of carbonyl (C=O) groups excluding carboxylic acids is 1. The van der Waals surface area contributed by atoms with Gasteiger partial charge in [0.25, 0.3) is 6.47 Å². The van der Waals surface area contributed by atoms with Crippen molar-refractivity contribution in [1.29, 1.82) is 0 Å². The number of benzene rings is 3. The molecular weight excluding hydrogens is 1170 g/mol. The molecule has 0 saturated heterocycles. The van der Waals surface area contributed by atoms with Gasteiger partial charge in [-0.05, 0) is 88.7 Å². The summed E-state index contributed by atoms with van der Waals surface area (Å²) in [5.41, 5.74) is 5.60. The molecule has 0 aliphatic heterocycles. The van der Waals surface area contributed by atoms with E-state index in [1.54, 1.807) is 29.2 Å². The Kier molecular flexibility index (Phi) is 53.5. The van der Waals surface area contributed by atoms with Gasteiger partial charge < -0.3 is 17.3 Å². The first-order valence-corrected chi connectivity index (χ1v) is 30.0. The quantitative estimate of drug-likeness (QED) is 0.0404. The predicted octanol–water partition coefficient (Wildman–Crippen LogP) is 5.57. The van der Waals surface area contributed by atoms with Gasteiger partial charge in [0.1, 0.15) is 29.5 Å². The predicted molar refractivity (Wildman–Crippen MR) is 287 cm³/mol. The van der Waals surface area contributed by atoms with Gasteiger partial charge in [0.2, 0.25) is 10.0 Å². The summed E-state index contributed by atoms with van der Waals surface area (Å²) < 4.78 is 76.8. The Morgan fingerprint density at radius 2 is 1.16 bits per heavy atom. The number of nitrogens with two attached hydrogens (primary N) is 1. The molecule has 1 atom stereocenters. The average Bonchev–Trinajstić information content (AvgIpc) is 4.02. The smallest absolute Gasteiger partial charge is 1.00 e. The average molecular weight is 1220 g/mol. The second-order valence-electron chi connectivity index (χ2n) is 11.9. The summed E-state index contributed by atoms with van der Waals surface area (Å²) in [5, 5.41) is 9.92. The number of hydrogen-bond acceptors (Lipinski definition) is 15. The van der Waals surface area contributed by atoms with Crippen LogP contribution in [0.1, 0.15) is 15.1 Å². The molecule has 12 nitrogen and oxygen atoms in total. The van der Waals surface area contributed by atoms with Crippen LogP contribution in [0.2, 0.25) is 0 Å². The Balaban J connectivity index is -0.000000133. The first-order valence-electron chi connectivity index (χ1n) is 17.9. The molecule has 1 unspecified atom stereocenters. The zero-order chi connectivity index (χ0) is 51.2. The van der Waals surface area contributed by atoms with Gasteiger partial charge in [-0.15, -0.1) is 57.1 Å². The molecule has 0 spiro atoms. The zero-order valence-corrected chi connectivity index (χ0v) is 53.2. The molecule has 366 valence electrons. The van der Waals surface area contributed by atoms with Crippen molar-refractivity contribution >= 4 is 137 Å². The molecule has 3 aromatic heterocycles. The summed E-state index contributed by atoms with van der Waals surface area (Å²) in [6, 6.07) is 42.1. The summed E-state index contributed by atoms with van der Waals surface area (Å²) >= 11 is 13.8. The Labute approximate surface area is 524 Å². The third-order valence-electron chi connectivity index (χ3n) is 5.21. The van der Waals surface area contributed by atoms with Gasteiger partial charge in [0, 0.05) is 63.6 Å². The fourth-order valence-electron chi connectivity index (χ4n) is 3.12. The van der Waals surface area contributed by atoms with Gasteiger partial charge in [-0.1, -0.05) is 79.7 Å². The van der Waals surface area contributed by atoms with E-state index >= 15 is 0 Å². The van der Waals surface area contributed by atoms with Crippen LogP contribution < -0.4 is 114 Å². The van der Waals surface area contributed by atoms with Crippen LogP contribution in [0.25, 0.3) is 9.69 Å². The molecule has 68 heavy (non-hydrogen) atoms. The molecule has 0 aliphatic carbocycles. The summed E-state index contributed by atoms with van der Waals surface area (Å²) in [6.07, 6.45) is 6.96. The molecular formula is C43H55BrFK2N3O9S9. The minimum absolute atomic E-state index is 0. The number of carbonyl (C=O) groups is 1. The number of thiophene rings is 3. The Morgan fingerprint density at radius 1 is 0.779 bits per heavy atom. The van der Waals surface area contributed by atoms with E-state index in [0.717, 1.165) is 56.2 Å². The molecule has 0 radical (unpaired) electrons. The summed E-state index contributed by atoms with van der Waals surface area (Å²) in [7, 11) is -9.06. The summed E-state index contributed by atoms with van der Waals surface area (Å²) in [6.45, 7) is 13.9. The van der Waals surface area contributed by atoms with Gasteiger partial charge in [-0.3, -0.25) is 9.18 Å². The third kappa shape index (κ3) is 56.5. The number of thiol groups is 1. The van der Waals surface area contributed by atoms with E-state index in [1.165, 1.54) is 45.8 Å². The molecule has 0 aliphatic rings. The second-order valence-corrected chi connectivity index (χ2v) is 27.3. The van der Waals surface area contributed by atoms with Crippen molar-refractivity contribution in [3.63, 3.8) is 0 Å². The fourth-order valence-corrected chi connectivity index (χ4v) is 8.92. The van der Waals surface area contributed by atoms with Gasteiger partial charge >= 0.3 is 103 Å². The number of nitrogens with zero attached hydrogens (tertiary/aromatic N) is 2. The molecule has 6 aromatic rings. The van der Waals surface area contributed by atoms with Crippen LogP contribution in [0.3, 0.4) is 0 Å². The van der Waals surface area contributed by atoms with Gasteiger partial charge in [0.15, 0.2) is 0 Å². The van der Waals surface area contributed by atoms with Crippen molar-refractivity contribution in [2.24, 2.45) is 5.73 Å². The van der Waals surface area contributed by atoms with Crippen LogP contribution in [0.5, 0.6) is 0 Å². The molecule has 3 aromatic carbocycles. The van der Waals surface area contributed by atoms with E-state index in [1.807, 2.05) is 72.8 Å². The van der Waals surface area contributed by atoms with Crippen LogP contribution in [0.15, 0.2) is 154 Å². The second kappa shape index (κ2) is 47.6. The third-order valence-corrected chi connectivity index (χ3v) is 12.4. The van der Waals surface area contributed by atoms with Crippen LogP contribution >= 0.6 is 84.8 Å². The molecule has 25 heteroatoms. The van der Waals surface area contributed by atoms with Crippen molar-refractivity contribution in [3.05, 3.63) is 159 Å². The van der Waals surface area contributed by atoms with Crippen LogP contribution in [-0.2, 0) is 45.7 Å². The molecule has 0 amide bonds. The van der Waals surface area contributed by atoms with E-state index in [4.69, 9.17) is 30.3 Å². The Hall–Kier alpha value is -0.417. The van der Waals surface area contributed by atoms with E-state index < -0.39 is 36.7 Å². The largest absolute Gasteiger partial charge is 1.00 e. The van der Waals surface area contributed by atoms with Crippen molar-refractivity contribution in [2.45, 2.75) is 37.1 Å². The van der Waals surface area contributed by atoms with Gasteiger partial charge in [-0.25, -0.2) is 34.9 Å². The Bertz CT molecular complexity index is 2570. The first kappa shape index (κ1) is 76.5. The topological polar surface area (TPSA) is 187 Å². The van der Waals surface area contributed by atoms with E-state index in [-0.39, 0.29) is 129 Å². The maximum atomic E-state index is 9.96. The normalized spacial score (nSPS) is 9.81. The number of halogens is 2. The van der Waals surface area contributed by atoms with E-state index in [9.17, 15) is 29.6 Å². The minimum Gasteiger partial charge on any atom is -1.00 e. The number of hydrogen-bond donors (Lipinski definition) is 2. The maximum absolute atomic E-state index is 9.96. The SMILES string of the molecule is C.C=S(c1ccccc1)c1ccc(CN)s1.CS(C)(=O)=O.CS(C)(=O)=O.CS(C)(=O)=O.O=CO[O-].Sc1ccccc1.[2H]CF.[C-]#[N+]c1ccc(Br)s1.[C-]#[N+]c1ccc(Sc2ccccc2)s1.[H-].[K+].[K+]. The van der Waals surface area contributed by atoms with E-state index in [0.29, 0.717) is 6.54 Å². The standard InChI is InChI=1S/C12H13NS2.C11H7NS2.C6H6S.C5H2BrNS.3C2H6O2S.CH3F.CH2O3.CH4.2K.H/c1-15(11-5-3-2-4-6-11)12-8-7-10(9-13)14-12;1-12-10-7-8-11(14-10)13-9-5-3-2-4-6-9;7-6-4-2-1-3-5-6;1-7-5-3-2-4(6)8-5;3*1-5(2,3)4;1-2;2-1-4-3;;;;/h2-8H,1,9,13H2;2-8H;1-5,7H;2-3H;3*1-2H3;1H3;1,3H;1H4;;;/q;;;;;;;;;;2*+1;-1/p-1/i;;;;;;;1D;;;;;. The van der Waals surface area contributed by atoms with Crippen LogP contribution in [-0.4, -0.2) is 82.3 Å². The molecule has 0 saturated carbocycles. The van der Waals surface area contributed by atoms with E-state index in [2.05, 4.69) is 97.5 Å². The van der Waals surface area contributed by atoms with Crippen molar-refractivity contribution in [2.75, 3.05) is 44.7 Å². The number of sulfone groups is 3. The van der Waals surface area contributed by atoms with Crippen molar-refractivity contribution in [3.8, 4) is 0 Å². The summed E-state index contributed by atoms with van der Waals surface area (Å²) in [4.78, 5) is 22.6. The first-order chi connectivity index (χ1) is 30.7. The molecule has 0 fully saturated rings. The molecule has 3 heterocycles. The number of alkyl halides is 1. The Morgan fingerprint density at radius 3 is 1.46 bits per heavy atom.